The number of rotatable bonds is 7. The van der Waals surface area contributed by atoms with Crippen LogP contribution in [0.1, 0.15) is 12.5 Å². The molecule has 0 bridgehead atoms. The number of hydrogen-bond donors (Lipinski definition) is 1. The Morgan fingerprint density at radius 2 is 2.35 bits per heavy atom. The number of ether oxygens (including phenoxy) is 1. The van der Waals surface area contributed by atoms with Crippen molar-refractivity contribution in [3.05, 3.63) is 29.8 Å². The first-order chi connectivity index (χ1) is 8.26. The zero-order valence-corrected chi connectivity index (χ0v) is 11.1. The average Bonchev–Trinajstić information content (AvgIpc) is 2.36. The molecule has 0 amide bonds. The van der Waals surface area contributed by atoms with Gasteiger partial charge < -0.3 is 10.1 Å². The average molecular weight is 250 g/mol. The molecule has 0 saturated heterocycles. The van der Waals surface area contributed by atoms with E-state index in [4.69, 9.17) is 10.00 Å². The van der Waals surface area contributed by atoms with Gasteiger partial charge in [0.05, 0.1) is 0 Å². The Balaban J connectivity index is 2.40. The van der Waals surface area contributed by atoms with Crippen molar-refractivity contribution >= 4 is 11.8 Å². The van der Waals surface area contributed by atoms with Gasteiger partial charge in [-0.3, -0.25) is 0 Å². The molecule has 0 aliphatic heterocycles. The third-order valence-electron chi connectivity index (χ3n) is 2.37. The van der Waals surface area contributed by atoms with E-state index in [2.05, 4.69) is 24.6 Å². The first-order valence-corrected chi connectivity index (χ1v) is 6.87. The predicted octanol–water partition coefficient (Wildman–Crippen LogP) is 2.43. The number of nitrogens with one attached hydrogen (secondary N) is 1. The van der Waals surface area contributed by atoms with E-state index >= 15 is 0 Å². The second-order valence-electron chi connectivity index (χ2n) is 3.77. The molecule has 1 unspecified atom stereocenters. The molecular formula is C13H18N2OS. The summed E-state index contributed by atoms with van der Waals surface area (Å²) in [5.41, 5.74) is 1.17. The van der Waals surface area contributed by atoms with Crippen LogP contribution in [0.4, 0.5) is 0 Å². The van der Waals surface area contributed by atoms with Crippen LogP contribution in [0.3, 0.4) is 0 Å². The highest BCUT2D eigenvalue weighted by molar-refractivity contribution is 7.99. The Labute approximate surface area is 107 Å². The van der Waals surface area contributed by atoms with E-state index in [0.717, 1.165) is 18.8 Å². The molecule has 1 aromatic carbocycles. The molecule has 0 spiro atoms. The zero-order chi connectivity index (χ0) is 12.5. The van der Waals surface area contributed by atoms with E-state index in [1.54, 1.807) is 0 Å². The molecule has 1 aromatic rings. The van der Waals surface area contributed by atoms with Gasteiger partial charge in [-0.1, -0.05) is 19.1 Å². The Kier molecular flexibility index (Phi) is 6.53. The van der Waals surface area contributed by atoms with E-state index in [9.17, 15) is 0 Å². The predicted molar refractivity (Wildman–Crippen MR) is 72.2 cm³/mol. The molecule has 1 atom stereocenters. The van der Waals surface area contributed by atoms with Crippen molar-refractivity contribution in [2.45, 2.75) is 18.7 Å². The summed E-state index contributed by atoms with van der Waals surface area (Å²) in [6, 6.07) is 9.79. The van der Waals surface area contributed by atoms with Crippen molar-refractivity contribution < 1.29 is 4.74 Å². The van der Waals surface area contributed by atoms with Crippen LogP contribution >= 0.6 is 11.8 Å². The van der Waals surface area contributed by atoms with Gasteiger partial charge in [0.2, 0.25) is 0 Å². The molecule has 0 heterocycles. The Morgan fingerprint density at radius 1 is 1.53 bits per heavy atom. The van der Waals surface area contributed by atoms with Crippen LogP contribution in [0.25, 0.3) is 0 Å². The highest BCUT2D eigenvalue weighted by atomic mass is 32.2. The van der Waals surface area contributed by atoms with Crippen molar-refractivity contribution in [2.24, 2.45) is 0 Å². The van der Waals surface area contributed by atoms with Crippen LogP contribution in [0.2, 0.25) is 0 Å². The molecule has 17 heavy (non-hydrogen) atoms. The third kappa shape index (κ3) is 5.62. The van der Waals surface area contributed by atoms with Gasteiger partial charge in [-0.2, -0.15) is 17.0 Å². The lowest BCUT2D eigenvalue weighted by atomic mass is 10.2. The lowest BCUT2D eigenvalue weighted by Crippen LogP contribution is -2.21. The van der Waals surface area contributed by atoms with Gasteiger partial charge in [0.1, 0.15) is 11.8 Å². The number of nitrogens with zero attached hydrogens (tertiary/aromatic N) is 1. The summed E-state index contributed by atoms with van der Waals surface area (Å²) < 4.78 is 5.25. The van der Waals surface area contributed by atoms with Crippen LogP contribution in [0, 0.1) is 11.3 Å². The molecule has 0 aromatic heterocycles. The standard InChI is InChI=1S/C13H18N2OS/c1-11(17-2)9-15-10-12-4-3-5-13(8-12)16-7-6-14/h3-5,8,11,15H,7,9-10H2,1-2H3. The van der Waals surface area contributed by atoms with E-state index in [-0.39, 0.29) is 6.61 Å². The van der Waals surface area contributed by atoms with E-state index in [0.29, 0.717) is 5.25 Å². The van der Waals surface area contributed by atoms with Crippen molar-refractivity contribution in [1.82, 2.24) is 5.32 Å². The van der Waals surface area contributed by atoms with Gasteiger partial charge in [-0.15, -0.1) is 0 Å². The molecule has 0 aliphatic rings. The Bertz CT molecular complexity index is 376. The van der Waals surface area contributed by atoms with Crippen molar-refractivity contribution in [1.29, 1.82) is 5.26 Å². The molecule has 3 nitrogen and oxygen atoms in total. The molecular weight excluding hydrogens is 232 g/mol. The fraction of sp³-hybridized carbons (Fsp3) is 0.462. The maximum absolute atomic E-state index is 8.44. The van der Waals surface area contributed by atoms with Gasteiger partial charge in [0.25, 0.3) is 0 Å². The van der Waals surface area contributed by atoms with Crippen LogP contribution in [-0.4, -0.2) is 24.7 Å². The highest BCUT2D eigenvalue weighted by Gasteiger charge is 2.00. The first kappa shape index (κ1) is 13.9. The van der Waals surface area contributed by atoms with Crippen LogP contribution in [0.5, 0.6) is 5.75 Å². The number of thioether (sulfide) groups is 1. The van der Waals surface area contributed by atoms with Gasteiger partial charge in [-0.05, 0) is 24.0 Å². The second-order valence-corrected chi connectivity index (χ2v) is 5.05. The lowest BCUT2D eigenvalue weighted by Gasteiger charge is -2.10. The van der Waals surface area contributed by atoms with E-state index in [1.165, 1.54) is 5.56 Å². The van der Waals surface area contributed by atoms with Crippen LogP contribution in [-0.2, 0) is 6.54 Å². The number of nitriles is 1. The largest absolute Gasteiger partial charge is 0.479 e. The topological polar surface area (TPSA) is 45.0 Å². The molecule has 1 N–H and O–H groups in total. The summed E-state index contributed by atoms with van der Waals surface area (Å²) >= 11 is 1.85. The smallest absolute Gasteiger partial charge is 0.174 e. The summed E-state index contributed by atoms with van der Waals surface area (Å²) in [5, 5.41) is 12.4. The maximum atomic E-state index is 8.44. The monoisotopic (exact) mass is 250 g/mol. The summed E-state index contributed by atoms with van der Waals surface area (Å²) in [4.78, 5) is 0. The molecule has 1 rings (SSSR count). The van der Waals surface area contributed by atoms with Gasteiger partial charge in [0, 0.05) is 18.3 Å². The van der Waals surface area contributed by atoms with Crippen molar-refractivity contribution in [2.75, 3.05) is 19.4 Å². The molecule has 0 fully saturated rings. The van der Waals surface area contributed by atoms with Crippen molar-refractivity contribution in [3.63, 3.8) is 0 Å². The second kappa shape index (κ2) is 7.99. The Morgan fingerprint density at radius 3 is 3.06 bits per heavy atom. The summed E-state index contributed by atoms with van der Waals surface area (Å²) in [6.07, 6.45) is 2.11. The molecule has 4 heteroatoms. The Hall–Kier alpha value is -1.18. The summed E-state index contributed by atoms with van der Waals surface area (Å²) in [6.45, 7) is 4.11. The summed E-state index contributed by atoms with van der Waals surface area (Å²) in [5.74, 6) is 0.753. The quantitative estimate of drug-likeness (QED) is 0.807. The zero-order valence-electron chi connectivity index (χ0n) is 10.3. The molecule has 0 radical (unpaired) electrons. The normalized spacial score (nSPS) is 11.8. The fourth-order valence-corrected chi connectivity index (χ4v) is 1.65. The minimum absolute atomic E-state index is 0.0976. The molecule has 92 valence electrons. The van der Waals surface area contributed by atoms with Gasteiger partial charge in [0.15, 0.2) is 6.61 Å². The van der Waals surface area contributed by atoms with Gasteiger partial charge in [-0.25, -0.2) is 0 Å². The maximum Gasteiger partial charge on any atom is 0.174 e. The highest BCUT2D eigenvalue weighted by Crippen LogP contribution is 2.13. The van der Waals surface area contributed by atoms with Crippen molar-refractivity contribution in [3.8, 4) is 11.8 Å². The third-order valence-corrected chi connectivity index (χ3v) is 3.34. The van der Waals surface area contributed by atoms with E-state index in [1.807, 2.05) is 36.0 Å². The minimum Gasteiger partial charge on any atom is -0.479 e. The molecule has 0 aliphatic carbocycles. The number of benzene rings is 1. The minimum atomic E-state index is 0.0976. The lowest BCUT2D eigenvalue weighted by molar-refractivity contribution is 0.367. The fourth-order valence-electron chi connectivity index (χ4n) is 1.36. The molecule has 0 saturated carbocycles. The number of hydrogen-bond acceptors (Lipinski definition) is 4. The van der Waals surface area contributed by atoms with Gasteiger partial charge >= 0.3 is 0 Å². The van der Waals surface area contributed by atoms with Crippen LogP contribution < -0.4 is 10.1 Å². The summed E-state index contributed by atoms with van der Waals surface area (Å²) in [7, 11) is 0. The van der Waals surface area contributed by atoms with Crippen LogP contribution in [0.15, 0.2) is 24.3 Å². The SMILES string of the molecule is CSC(C)CNCc1cccc(OCC#N)c1. The van der Waals surface area contributed by atoms with E-state index < -0.39 is 0 Å². The first-order valence-electron chi connectivity index (χ1n) is 5.58.